The Hall–Kier alpha value is -2.28. The minimum atomic E-state index is 1.28. The first-order valence-corrected chi connectivity index (χ1v) is 5.54. The fraction of sp³-hybridized carbons (Fsp3) is 0. The summed E-state index contributed by atoms with van der Waals surface area (Å²) in [5.74, 6) is 0. The molecular formula is C16H14O. The molecule has 0 fully saturated rings. The van der Waals surface area contributed by atoms with Crippen molar-refractivity contribution in [3.8, 4) is 11.1 Å². The van der Waals surface area contributed by atoms with Gasteiger partial charge in [0.2, 0.25) is 0 Å². The van der Waals surface area contributed by atoms with E-state index in [9.17, 15) is 0 Å². The van der Waals surface area contributed by atoms with Crippen molar-refractivity contribution < 1.29 is 4.42 Å². The Kier molecular flexibility index (Phi) is 4.18. The molecule has 1 heterocycles. The Morgan fingerprint density at radius 3 is 1.18 bits per heavy atom. The van der Waals surface area contributed by atoms with Gasteiger partial charge in [0, 0.05) is 0 Å². The normalized spacial score (nSPS) is 9.18. The molecule has 3 aromatic rings. The van der Waals surface area contributed by atoms with Gasteiger partial charge in [-0.3, -0.25) is 0 Å². The van der Waals surface area contributed by atoms with Crippen LogP contribution in [0, 0.1) is 0 Å². The fourth-order valence-corrected chi connectivity index (χ4v) is 1.49. The highest BCUT2D eigenvalue weighted by molar-refractivity contribution is 5.62. The zero-order chi connectivity index (χ0) is 11.8. The largest absolute Gasteiger partial charge is 0.473 e. The predicted molar refractivity (Wildman–Crippen MR) is 70.6 cm³/mol. The van der Waals surface area contributed by atoms with E-state index in [1.165, 1.54) is 11.1 Å². The maximum Gasteiger partial charge on any atom is 0.0902 e. The van der Waals surface area contributed by atoms with E-state index < -0.39 is 0 Å². The van der Waals surface area contributed by atoms with Gasteiger partial charge in [0.05, 0.1) is 12.5 Å². The molecule has 0 aliphatic heterocycles. The number of hydrogen-bond acceptors (Lipinski definition) is 1. The van der Waals surface area contributed by atoms with E-state index in [1.54, 1.807) is 12.5 Å². The summed E-state index contributed by atoms with van der Waals surface area (Å²) in [6.07, 6.45) is 3.25. The molecule has 0 spiro atoms. The van der Waals surface area contributed by atoms with Crippen LogP contribution in [0.5, 0.6) is 0 Å². The Morgan fingerprint density at radius 2 is 0.882 bits per heavy atom. The van der Waals surface area contributed by atoms with Crippen molar-refractivity contribution in [3.63, 3.8) is 0 Å². The molecule has 0 N–H and O–H groups in total. The van der Waals surface area contributed by atoms with Crippen LogP contribution in [0.25, 0.3) is 11.1 Å². The van der Waals surface area contributed by atoms with Crippen LogP contribution in [-0.4, -0.2) is 0 Å². The summed E-state index contributed by atoms with van der Waals surface area (Å²) in [6.45, 7) is 0. The van der Waals surface area contributed by atoms with Crippen molar-refractivity contribution in [2.24, 2.45) is 0 Å². The lowest BCUT2D eigenvalue weighted by molar-refractivity contribution is 0.567. The van der Waals surface area contributed by atoms with Gasteiger partial charge in [-0.2, -0.15) is 0 Å². The van der Waals surface area contributed by atoms with E-state index in [0.29, 0.717) is 0 Å². The lowest BCUT2D eigenvalue weighted by atomic mass is 10.1. The molecule has 1 nitrogen and oxygen atoms in total. The highest BCUT2D eigenvalue weighted by atomic mass is 16.3. The Labute approximate surface area is 101 Å². The molecule has 1 heteroatoms. The van der Waals surface area contributed by atoms with Gasteiger partial charge in [0.25, 0.3) is 0 Å². The van der Waals surface area contributed by atoms with Crippen LogP contribution in [0.3, 0.4) is 0 Å². The quantitative estimate of drug-likeness (QED) is 0.585. The third-order valence-corrected chi connectivity index (χ3v) is 2.31. The molecule has 0 radical (unpaired) electrons. The summed E-state index contributed by atoms with van der Waals surface area (Å²) in [7, 11) is 0. The van der Waals surface area contributed by atoms with Gasteiger partial charge in [-0.15, -0.1) is 0 Å². The first kappa shape index (κ1) is 11.2. The van der Waals surface area contributed by atoms with E-state index in [0.717, 1.165) is 0 Å². The summed E-state index contributed by atoms with van der Waals surface area (Å²) in [4.78, 5) is 0. The minimum absolute atomic E-state index is 1.28. The summed E-state index contributed by atoms with van der Waals surface area (Å²) < 4.78 is 4.58. The number of benzene rings is 2. The second-order valence-corrected chi connectivity index (χ2v) is 3.53. The molecule has 2 aromatic carbocycles. The van der Waals surface area contributed by atoms with Crippen molar-refractivity contribution >= 4 is 0 Å². The van der Waals surface area contributed by atoms with Gasteiger partial charge < -0.3 is 4.42 Å². The van der Waals surface area contributed by atoms with E-state index >= 15 is 0 Å². The number of furan rings is 1. The van der Waals surface area contributed by atoms with E-state index in [1.807, 2.05) is 24.3 Å². The second-order valence-electron chi connectivity index (χ2n) is 3.53. The molecule has 84 valence electrons. The predicted octanol–water partition coefficient (Wildman–Crippen LogP) is 4.63. The molecule has 0 amide bonds. The van der Waals surface area contributed by atoms with Crippen LogP contribution in [0.15, 0.2) is 89.7 Å². The number of hydrogen-bond donors (Lipinski definition) is 0. The maximum absolute atomic E-state index is 4.58. The molecule has 3 rings (SSSR count). The first-order valence-electron chi connectivity index (χ1n) is 5.54. The average molecular weight is 222 g/mol. The Bertz CT molecular complexity index is 443. The van der Waals surface area contributed by atoms with E-state index in [4.69, 9.17) is 0 Å². The lowest BCUT2D eigenvalue weighted by Crippen LogP contribution is -1.73. The Balaban J connectivity index is 0.000000181. The zero-order valence-corrected chi connectivity index (χ0v) is 9.49. The van der Waals surface area contributed by atoms with Crippen LogP contribution in [0.4, 0.5) is 0 Å². The van der Waals surface area contributed by atoms with Crippen LogP contribution < -0.4 is 0 Å². The summed E-state index contributed by atoms with van der Waals surface area (Å²) in [5, 5.41) is 0. The molecule has 0 bridgehead atoms. The first-order chi connectivity index (χ1) is 8.47. The molecule has 17 heavy (non-hydrogen) atoms. The van der Waals surface area contributed by atoms with Crippen molar-refractivity contribution in [2.75, 3.05) is 0 Å². The third-order valence-electron chi connectivity index (χ3n) is 2.31. The highest BCUT2D eigenvalue weighted by Gasteiger charge is 1.91. The van der Waals surface area contributed by atoms with Gasteiger partial charge in [-0.05, 0) is 23.3 Å². The van der Waals surface area contributed by atoms with Crippen LogP contribution in [0.2, 0.25) is 0 Å². The average Bonchev–Trinajstić information content (AvgIpc) is 3.00. The second kappa shape index (κ2) is 6.33. The van der Waals surface area contributed by atoms with Crippen molar-refractivity contribution in [1.29, 1.82) is 0 Å². The molecule has 1 aromatic heterocycles. The van der Waals surface area contributed by atoms with Crippen LogP contribution in [-0.2, 0) is 0 Å². The summed E-state index contributed by atoms with van der Waals surface area (Å²) in [6, 6.07) is 24.4. The maximum atomic E-state index is 4.58. The topological polar surface area (TPSA) is 13.1 Å². The molecule has 0 atom stereocenters. The third kappa shape index (κ3) is 3.65. The van der Waals surface area contributed by atoms with Crippen LogP contribution in [0.1, 0.15) is 0 Å². The van der Waals surface area contributed by atoms with E-state index in [-0.39, 0.29) is 0 Å². The SMILES string of the molecule is c1ccc(-c2ccccc2)cc1.c1ccoc1. The minimum Gasteiger partial charge on any atom is -0.473 e. The van der Waals surface area contributed by atoms with Gasteiger partial charge in [0.1, 0.15) is 0 Å². The zero-order valence-electron chi connectivity index (χ0n) is 9.49. The summed E-state index contributed by atoms with van der Waals surface area (Å²) >= 11 is 0. The van der Waals surface area contributed by atoms with Gasteiger partial charge in [0.15, 0.2) is 0 Å². The monoisotopic (exact) mass is 222 g/mol. The van der Waals surface area contributed by atoms with Crippen LogP contribution >= 0.6 is 0 Å². The lowest BCUT2D eigenvalue weighted by Gasteiger charge is -1.98. The molecule has 0 saturated carbocycles. The highest BCUT2D eigenvalue weighted by Crippen LogP contribution is 2.17. The number of rotatable bonds is 1. The van der Waals surface area contributed by atoms with Gasteiger partial charge >= 0.3 is 0 Å². The molecule has 0 aliphatic carbocycles. The Morgan fingerprint density at radius 1 is 0.471 bits per heavy atom. The van der Waals surface area contributed by atoms with Gasteiger partial charge in [-0.1, -0.05) is 60.7 Å². The van der Waals surface area contributed by atoms with Crippen molar-refractivity contribution in [3.05, 3.63) is 85.3 Å². The van der Waals surface area contributed by atoms with Crippen molar-refractivity contribution in [2.45, 2.75) is 0 Å². The summed E-state index contributed by atoms with van der Waals surface area (Å²) in [5.41, 5.74) is 2.55. The molecule has 0 aliphatic rings. The fourth-order valence-electron chi connectivity index (χ4n) is 1.49. The van der Waals surface area contributed by atoms with E-state index in [2.05, 4.69) is 52.9 Å². The van der Waals surface area contributed by atoms with Crippen molar-refractivity contribution in [1.82, 2.24) is 0 Å². The smallest absolute Gasteiger partial charge is 0.0902 e. The van der Waals surface area contributed by atoms with Gasteiger partial charge in [-0.25, -0.2) is 0 Å². The molecule has 0 unspecified atom stereocenters. The molecule has 0 saturated heterocycles. The molecular weight excluding hydrogens is 208 g/mol. The standard InChI is InChI=1S/C12H10.C4H4O/c1-3-7-11(8-4-1)12-9-5-2-6-10-12;1-2-4-5-3-1/h1-10H;1-4H.